The van der Waals surface area contributed by atoms with Gasteiger partial charge in [0.1, 0.15) is 17.0 Å². The number of para-hydroxylation sites is 2. The Morgan fingerprint density at radius 2 is 1.69 bits per heavy atom. The van der Waals surface area contributed by atoms with Gasteiger partial charge in [-0.3, -0.25) is 4.79 Å². The number of anilines is 1. The zero-order valence-corrected chi connectivity index (χ0v) is 17.7. The van der Waals surface area contributed by atoms with E-state index in [1.165, 1.54) is 13.0 Å². The van der Waals surface area contributed by atoms with Gasteiger partial charge in [0.2, 0.25) is 5.55 Å². The van der Waals surface area contributed by atoms with Crippen LogP contribution in [0, 0.1) is 12.7 Å². The molecule has 0 saturated heterocycles. The van der Waals surface area contributed by atoms with E-state index in [0.717, 1.165) is 12.1 Å². The molecule has 1 amide bonds. The molecule has 2 N–H and O–H groups in total. The minimum absolute atomic E-state index is 0.0329. The third kappa shape index (κ3) is 4.52. The second-order valence-electron chi connectivity index (χ2n) is 6.94. The number of amides is 1. The first-order chi connectivity index (χ1) is 15.3. The molecule has 0 fully saturated rings. The van der Waals surface area contributed by atoms with E-state index in [1.807, 2.05) is 6.07 Å². The fourth-order valence-corrected chi connectivity index (χ4v) is 3.86. The van der Waals surface area contributed by atoms with Crippen LogP contribution in [0.4, 0.5) is 10.1 Å². The number of nitrogens with zero attached hydrogens (tertiary/aromatic N) is 1. The lowest BCUT2D eigenvalue weighted by Crippen LogP contribution is -2.27. The summed E-state index contributed by atoms with van der Waals surface area (Å²) in [5, 5.41) is 7.23. The van der Waals surface area contributed by atoms with Gasteiger partial charge in [0.05, 0.1) is 4.90 Å². The Morgan fingerprint density at radius 1 is 0.969 bits per heavy atom. The molecule has 32 heavy (non-hydrogen) atoms. The van der Waals surface area contributed by atoms with E-state index in [0.29, 0.717) is 16.7 Å². The van der Waals surface area contributed by atoms with Gasteiger partial charge in [0.25, 0.3) is 15.9 Å². The van der Waals surface area contributed by atoms with E-state index in [1.54, 1.807) is 54.6 Å². The molecule has 162 valence electrons. The highest BCUT2D eigenvalue weighted by atomic mass is 32.2. The van der Waals surface area contributed by atoms with Crippen molar-refractivity contribution in [3.63, 3.8) is 0 Å². The van der Waals surface area contributed by atoms with Gasteiger partial charge >= 0.3 is 0 Å². The average Bonchev–Trinajstić information content (AvgIpc) is 2.79. The molecule has 1 heterocycles. The number of halogens is 1. The normalized spacial score (nSPS) is 12.0. The molecule has 0 spiro atoms. The largest absolute Gasteiger partial charge is 0.436 e. The first kappa shape index (κ1) is 21.3. The SMILES string of the molecule is Cc1cc(S(=O)(=O)NN=c2oc3ccccc3cc2C(=O)Nc2ccccc2)ccc1F. The molecular weight excluding hydrogens is 433 g/mol. The molecule has 0 aliphatic carbocycles. The Kier molecular flexibility index (Phi) is 5.74. The fourth-order valence-electron chi connectivity index (χ4n) is 2.97. The number of aryl methyl sites for hydroxylation is 1. The zero-order valence-electron chi connectivity index (χ0n) is 16.9. The number of rotatable bonds is 5. The van der Waals surface area contributed by atoms with Crippen molar-refractivity contribution < 1.29 is 22.0 Å². The van der Waals surface area contributed by atoms with Gasteiger partial charge < -0.3 is 9.73 Å². The average molecular weight is 451 g/mol. The van der Waals surface area contributed by atoms with Crippen molar-refractivity contribution in [2.24, 2.45) is 5.10 Å². The second kappa shape index (κ2) is 8.64. The molecule has 9 heteroatoms. The molecule has 1 aromatic heterocycles. The van der Waals surface area contributed by atoms with Crippen LogP contribution >= 0.6 is 0 Å². The van der Waals surface area contributed by atoms with Crippen LogP contribution in [0.15, 0.2) is 93.3 Å². The van der Waals surface area contributed by atoms with Gasteiger partial charge in [0.15, 0.2) is 0 Å². The summed E-state index contributed by atoms with van der Waals surface area (Å²) in [7, 11) is -4.13. The lowest BCUT2D eigenvalue weighted by atomic mass is 10.1. The van der Waals surface area contributed by atoms with Crippen molar-refractivity contribution in [1.82, 2.24) is 4.83 Å². The number of fused-ring (bicyclic) bond motifs is 1. The van der Waals surface area contributed by atoms with Gasteiger partial charge in [-0.1, -0.05) is 36.4 Å². The third-order valence-corrected chi connectivity index (χ3v) is 5.85. The van der Waals surface area contributed by atoms with Crippen molar-refractivity contribution in [2.75, 3.05) is 5.32 Å². The summed E-state index contributed by atoms with van der Waals surface area (Å²) in [5.74, 6) is -1.05. The monoisotopic (exact) mass is 451 g/mol. The van der Waals surface area contributed by atoms with Gasteiger partial charge in [-0.05, 0) is 55.0 Å². The van der Waals surface area contributed by atoms with Gasteiger partial charge in [-0.25, -0.2) is 4.39 Å². The molecule has 0 atom stereocenters. The van der Waals surface area contributed by atoms with Crippen LogP contribution in [-0.2, 0) is 10.0 Å². The molecule has 0 aliphatic rings. The van der Waals surface area contributed by atoms with Gasteiger partial charge in [0, 0.05) is 11.1 Å². The summed E-state index contributed by atoms with van der Waals surface area (Å²) in [6.07, 6.45) is 0. The maximum Gasteiger partial charge on any atom is 0.276 e. The predicted molar refractivity (Wildman–Crippen MR) is 118 cm³/mol. The third-order valence-electron chi connectivity index (χ3n) is 4.64. The van der Waals surface area contributed by atoms with E-state index in [2.05, 4.69) is 15.2 Å². The number of carbonyl (C=O) groups excluding carboxylic acids is 1. The van der Waals surface area contributed by atoms with Crippen molar-refractivity contribution >= 4 is 32.6 Å². The van der Waals surface area contributed by atoms with Crippen molar-refractivity contribution in [3.05, 3.63) is 101 Å². The summed E-state index contributed by atoms with van der Waals surface area (Å²) in [4.78, 5) is 14.8. The Morgan fingerprint density at radius 3 is 2.44 bits per heavy atom. The lowest BCUT2D eigenvalue weighted by Gasteiger charge is -2.08. The minimum Gasteiger partial charge on any atom is -0.436 e. The van der Waals surface area contributed by atoms with Gasteiger partial charge in [-0.15, -0.1) is 5.10 Å². The summed E-state index contributed by atoms with van der Waals surface area (Å²) in [6.45, 7) is 1.45. The second-order valence-corrected chi connectivity index (χ2v) is 8.60. The quantitative estimate of drug-likeness (QED) is 0.449. The molecule has 4 aromatic rings. The lowest BCUT2D eigenvalue weighted by molar-refractivity contribution is 0.102. The minimum atomic E-state index is -4.13. The van der Waals surface area contributed by atoms with Crippen LogP contribution in [0.5, 0.6) is 0 Å². The Hall–Kier alpha value is -3.98. The first-order valence-electron chi connectivity index (χ1n) is 9.54. The van der Waals surface area contributed by atoms with Crippen LogP contribution in [0.1, 0.15) is 15.9 Å². The molecule has 0 radical (unpaired) electrons. The van der Waals surface area contributed by atoms with E-state index >= 15 is 0 Å². The molecule has 0 unspecified atom stereocenters. The standard InChI is InChI=1S/C23H18FN3O4S/c1-15-13-18(11-12-20(15)24)32(29,30)27-26-23-19(14-16-7-5-6-10-21(16)31-23)22(28)25-17-8-3-2-4-9-17/h2-14,27H,1H3,(H,25,28). The maximum absolute atomic E-state index is 13.5. The number of carbonyl (C=O) groups is 1. The van der Waals surface area contributed by atoms with Crippen LogP contribution < -0.4 is 15.7 Å². The fraction of sp³-hybridized carbons (Fsp3) is 0.0435. The molecule has 0 saturated carbocycles. The summed E-state index contributed by atoms with van der Waals surface area (Å²) >= 11 is 0. The highest BCUT2D eigenvalue weighted by Crippen LogP contribution is 2.16. The summed E-state index contributed by atoms with van der Waals surface area (Å²) in [5.41, 5.74) is 0.953. The highest BCUT2D eigenvalue weighted by Gasteiger charge is 2.17. The predicted octanol–water partition coefficient (Wildman–Crippen LogP) is 3.93. The number of benzene rings is 3. The highest BCUT2D eigenvalue weighted by molar-refractivity contribution is 7.89. The smallest absolute Gasteiger partial charge is 0.276 e. The Balaban J connectivity index is 1.76. The zero-order chi connectivity index (χ0) is 22.7. The number of nitrogens with one attached hydrogen (secondary N) is 2. The van der Waals surface area contributed by atoms with Crippen LogP contribution in [0.3, 0.4) is 0 Å². The molecular formula is C23H18FN3O4S. The topological polar surface area (TPSA) is 101 Å². The van der Waals surface area contributed by atoms with Crippen LogP contribution in [0.25, 0.3) is 11.0 Å². The van der Waals surface area contributed by atoms with E-state index in [4.69, 9.17) is 4.42 Å². The molecule has 0 bridgehead atoms. The van der Waals surface area contributed by atoms with E-state index in [9.17, 15) is 17.6 Å². The van der Waals surface area contributed by atoms with Crippen molar-refractivity contribution in [2.45, 2.75) is 11.8 Å². The molecule has 0 aliphatic heterocycles. The Labute approximate surface area is 183 Å². The maximum atomic E-state index is 13.5. The summed E-state index contributed by atoms with van der Waals surface area (Å²) in [6, 6.07) is 20.7. The molecule has 3 aromatic carbocycles. The van der Waals surface area contributed by atoms with E-state index in [-0.39, 0.29) is 21.6 Å². The van der Waals surface area contributed by atoms with Crippen LogP contribution in [-0.4, -0.2) is 14.3 Å². The first-order valence-corrected chi connectivity index (χ1v) is 11.0. The van der Waals surface area contributed by atoms with Crippen molar-refractivity contribution in [3.8, 4) is 0 Å². The van der Waals surface area contributed by atoms with Crippen molar-refractivity contribution in [1.29, 1.82) is 0 Å². The number of sulfonamides is 1. The molecule has 4 rings (SSSR count). The van der Waals surface area contributed by atoms with Gasteiger partial charge in [-0.2, -0.15) is 13.2 Å². The summed E-state index contributed by atoms with van der Waals surface area (Å²) < 4.78 is 44.5. The number of hydrogen-bond acceptors (Lipinski definition) is 5. The van der Waals surface area contributed by atoms with Crippen LogP contribution in [0.2, 0.25) is 0 Å². The molecule has 7 nitrogen and oxygen atoms in total. The number of hydrogen-bond donors (Lipinski definition) is 2. The van der Waals surface area contributed by atoms with E-state index < -0.39 is 21.7 Å². The Bertz CT molecular complexity index is 1480.